The maximum Gasteiger partial charge on any atom is 0.300 e. The molecule has 1 unspecified atom stereocenters. The van der Waals surface area contributed by atoms with Crippen molar-refractivity contribution in [3.05, 3.63) is 113 Å². The van der Waals surface area contributed by atoms with Crippen molar-refractivity contribution in [1.82, 2.24) is 0 Å². The summed E-state index contributed by atoms with van der Waals surface area (Å²) in [6.45, 7) is 0. The van der Waals surface area contributed by atoms with Gasteiger partial charge in [0.25, 0.3) is 11.7 Å². The largest absolute Gasteiger partial charge is 0.508 e. The number of Topliss-reactive ketones (excluding diaryl/α,β-unsaturated/α-hetero) is 1. The van der Waals surface area contributed by atoms with Crippen molar-refractivity contribution in [1.29, 1.82) is 0 Å². The van der Waals surface area contributed by atoms with Crippen LogP contribution in [0, 0.1) is 11.6 Å². The van der Waals surface area contributed by atoms with Crippen molar-refractivity contribution in [2.24, 2.45) is 0 Å². The quantitative estimate of drug-likeness (QED) is 0.244. The zero-order chi connectivity index (χ0) is 24.0. The van der Waals surface area contributed by atoms with E-state index in [9.17, 15) is 28.6 Å². The van der Waals surface area contributed by atoms with E-state index >= 15 is 0 Å². The number of rotatable bonds is 3. The number of phenolic OH excluding ortho intramolecular Hbond substituents is 1. The zero-order valence-electron chi connectivity index (χ0n) is 17.6. The molecule has 1 atom stereocenters. The Bertz CT molecular complexity index is 1510. The summed E-state index contributed by atoms with van der Waals surface area (Å²) in [4.78, 5) is 27.2. The molecule has 0 spiro atoms. The molecule has 168 valence electrons. The van der Waals surface area contributed by atoms with Crippen LogP contribution in [0.15, 0.2) is 90.5 Å². The van der Waals surface area contributed by atoms with Gasteiger partial charge in [0.05, 0.1) is 11.6 Å². The molecule has 5 rings (SSSR count). The first-order valence-corrected chi connectivity index (χ1v) is 10.4. The molecule has 0 radical (unpaired) electrons. The number of amides is 1. The van der Waals surface area contributed by atoms with Gasteiger partial charge in [-0.05, 0) is 46.7 Å². The smallest absolute Gasteiger partial charge is 0.300 e. The van der Waals surface area contributed by atoms with Gasteiger partial charge in [-0.1, -0.05) is 48.5 Å². The Morgan fingerprint density at radius 2 is 1.56 bits per heavy atom. The summed E-state index contributed by atoms with van der Waals surface area (Å²) in [7, 11) is 0. The van der Waals surface area contributed by atoms with Gasteiger partial charge in [0.15, 0.2) is 11.6 Å². The van der Waals surface area contributed by atoms with Gasteiger partial charge in [0.2, 0.25) is 0 Å². The maximum absolute atomic E-state index is 14.0. The Morgan fingerprint density at radius 3 is 2.29 bits per heavy atom. The number of aromatic hydroxyl groups is 1. The predicted molar refractivity (Wildman–Crippen MR) is 123 cm³/mol. The normalized spacial score (nSPS) is 17.5. The monoisotopic (exact) mass is 457 g/mol. The third kappa shape index (κ3) is 3.47. The second-order valence-corrected chi connectivity index (χ2v) is 7.92. The molecule has 1 amide bonds. The number of fused-ring (bicyclic) bond motifs is 1. The van der Waals surface area contributed by atoms with Crippen LogP contribution in [0.4, 0.5) is 14.5 Å². The molecule has 34 heavy (non-hydrogen) atoms. The number of phenols is 1. The van der Waals surface area contributed by atoms with E-state index in [-0.39, 0.29) is 17.0 Å². The fourth-order valence-corrected chi connectivity index (χ4v) is 4.24. The van der Waals surface area contributed by atoms with Gasteiger partial charge in [-0.15, -0.1) is 0 Å². The average Bonchev–Trinajstić information content (AvgIpc) is 3.10. The van der Waals surface area contributed by atoms with Gasteiger partial charge in [-0.3, -0.25) is 14.5 Å². The highest BCUT2D eigenvalue weighted by Gasteiger charge is 2.47. The Labute approximate surface area is 192 Å². The van der Waals surface area contributed by atoms with Crippen molar-refractivity contribution in [2.75, 3.05) is 4.90 Å². The lowest BCUT2D eigenvalue weighted by Gasteiger charge is -2.25. The molecule has 1 saturated heterocycles. The standard InChI is InChI=1S/C27H17F2NO4/c28-21-11-10-19(14-22(21)29)30-24(17-6-3-7-20(31)13-17)23(26(33)27(30)34)25(32)18-9-8-15-4-1-2-5-16(15)12-18/h1-14,24,31-32H/b25-23-. The Kier molecular flexibility index (Phi) is 5.09. The predicted octanol–water partition coefficient (Wildman–Crippen LogP) is 5.45. The van der Waals surface area contributed by atoms with E-state index in [1.165, 1.54) is 24.3 Å². The molecule has 0 saturated carbocycles. The summed E-state index contributed by atoms with van der Waals surface area (Å²) < 4.78 is 27.6. The molecular formula is C27H17F2NO4. The van der Waals surface area contributed by atoms with E-state index in [1.807, 2.05) is 24.3 Å². The van der Waals surface area contributed by atoms with Gasteiger partial charge in [0, 0.05) is 17.3 Å². The van der Waals surface area contributed by atoms with Crippen LogP contribution in [-0.2, 0) is 9.59 Å². The summed E-state index contributed by atoms with van der Waals surface area (Å²) in [6, 6.07) is 20.1. The molecule has 7 heteroatoms. The van der Waals surface area contributed by atoms with Gasteiger partial charge in [0.1, 0.15) is 11.5 Å². The minimum Gasteiger partial charge on any atom is -0.508 e. The maximum atomic E-state index is 14.0. The van der Waals surface area contributed by atoms with Crippen LogP contribution in [0.25, 0.3) is 16.5 Å². The lowest BCUT2D eigenvalue weighted by Crippen LogP contribution is -2.29. The number of anilines is 1. The van der Waals surface area contributed by atoms with Crippen LogP contribution in [0.5, 0.6) is 5.75 Å². The second-order valence-electron chi connectivity index (χ2n) is 7.92. The van der Waals surface area contributed by atoms with Crippen LogP contribution >= 0.6 is 0 Å². The first kappa shape index (κ1) is 21.3. The lowest BCUT2D eigenvalue weighted by atomic mass is 9.94. The fourth-order valence-electron chi connectivity index (χ4n) is 4.24. The van der Waals surface area contributed by atoms with E-state index in [0.29, 0.717) is 11.1 Å². The molecule has 4 aromatic carbocycles. The molecule has 1 fully saturated rings. The number of carbonyl (C=O) groups is 2. The van der Waals surface area contributed by atoms with E-state index in [4.69, 9.17) is 0 Å². The molecule has 0 aliphatic carbocycles. The van der Waals surface area contributed by atoms with Crippen LogP contribution in [-0.4, -0.2) is 21.9 Å². The third-order valence-electron chi connectivity index (χ3n) is 5.83. The summed E-state index contributed by atoms with van der Waals surface area (Å²) in [5.74, 6) is -4.83. The Morgan fingerprint density at radius 1 is 0.794 bits per heavy atom. The van der Waals surface area contributed by atoms with Crippen LogP contribution in [0.3, 0.4) is 0 Å². The van der Waals surface area contributed by atoms with E-state index in [1.54, 1.807) is 24.3 Å². The number of hydrogen-bond donors (Lipinski definition) is 2. The zero-order valence-corrected chi connectivity index (χ0v) is 17.6. The van der Waals surface area contributed by atoms with Gasteiger partial charge in [-0.25, -0.2) is 8.78 Å². The van der Waals surface area contributed by atoms with Gasteiger partial charge < -0.3 is 10.2 Å². The first-order valence-electron chi connectivity index (χ1n) is 10.4. The molecule has 5 nitrogen and oxygen atoms in total. The molecule has 1 heterocycles. The molecule has 1 aliphatic heterocycles. The molecule has 1 aliphatic rings. The summed E-state index contributed by atoms with van der Waals surface area (Å²) in [6.07, 6.45) is 0. The Hall–Kier alpha value is -4.52. The second kappa shape index (κ2) is 8.12. The molecule has 4 aromatic rings. The number of nitrogens with zero attached hydrogens (tertiary/aromatic N) is 1. The topological polar surface area (TPSA) is 77.8 Å². The minimum absolute atomic E-state index is 0.0631. The van der Waals surface area contributed by atoms with Gasteiger partial charge >= 0.3 is 0 Å². The van der Waals surface area contributed by atoms with Crippen molar-refractivity contribution in [3.63, 3.8) is 0 Å². The molecule has 0 aromatic heterocycles. The summed E-state index contributed by atoms with van der Waals surface area (Å²) >= 11 is 0. The number of aliphatic hydroxyl groups excluding tert-OH is 1. The number of aliphatic hydroxyl groups is 1. The number of halogens is 2. The van der Waals surface area contributed by atoms with Crippen LogP contribution < -0.4 is 4.90 Å². The van der Waals surface area contributed by atoms with Crippen LogP contribution in [0.1, 0.15) is 17.2 Å². The third-order valence-corrected chi connectivity index (χ3v) is 5.83. The Balaban J connectivity index is 1.74. The van der Waals surface area contributed by atoms with Crippen molar-refractivity contribution in [3.8, 4) is 5.75 Å². The number of hydrogen-bond acceptors (Lipinski definition) is 4. The molecule has 0 bridgehead atoms. The average molecular weight is 457 g/mol. The highest BCUT2D eigenvalue weighted by molar-refractivity contribution is 6.51. The highest BCUT2D eigenvalue weighted by Crippen LogP contribution is 2.43. The lowest BCUT2D eigenvalue weighted by molar-refractivity contribution is -0.132. The summed E-state index contributed by atoms with van der Waals surface area (Å²) in [5.41, 5.74) is 0.334. The number of ketones is 1. The molecule has 2 N–H and O–H groups in total. The number of benzene rings is 4. The van der Waals surface area contributed by atoms with E-state index in [0.717, 1.165) is 27.8 Å². The molecular weight excluding hydrogens is 440 g/mol. The SMILES string of the molecule is O=C1C(=O)N(c2ccc(F)c(F)c2)C(c2cccc(O)c2)/C1=C(/O)c1ccc2ccccc2c1. The van der Waals surface area contributed by atoms with Crippen molar-refractivity contribution in [2.45, 2.75) is 6.04 Å². The highest BCUT2D eigenvalue weighted by atomic mass is 19.2. The van der Waals surface area contributed by atoms with E-state index in [2.05, 4.69) is 0 Å². The number of carbonyl (C=O) groups excluding carboxylic acids is 2. The first-order chi connectivity index (χ1) is 16.3. The van der Waals surface area contributed by atoms with Crippen molar-refractivity contribution >= 4 is 33.9 Å². The minimum atomic E-state index is -1.19. The van der Waals surface area contributed by atoms with Crippen molar-refractivity contribution < 1.29 is 28.6 Å². The van der Waals surface area contributed by atoms with E-state index < -0.39 is 35.1 Å². The summed E-state index contributed by atoms with van der Waals surface area (Å²) in [5, 5.41) is 23.0. The van der Waals surface area contributed by atoms with Gasteiger partial charge in [-0.2, -0.15) is 0 Å². The van der Waals surface area contributed by atoms with Crippen LogP contribution in [0.2, 0.25) is 0 Å². The fraction of sp³-hybridized carbons (Fsp3) is 0.0370.